The Morgan fingerprint density at radius 3 is 1.44 bits per heavy atom. The van der Waals surface area contributed by atoms with Gasteiger partial charge in [-0.1, -0.05) is 128 Å². The average molecular weight is 661 g/mol. The molecule has 0 saturated heterocycles. The fraction of sp³-hybridized carbons (Fsp3) is 0.178. The van der Waals surface area contributed by atoms with Crippen molar-refractivity contribution in [2.24, 2.45) is 0 Å². The quantitative estimate of drug-likeness (QED) is 0.130. The van der Waals surface area contributed by atoms with Gasteiger partial charge in [0.1, 0.15) is 29.6 Å². The summed E-state index contributed by atoms with van der Waals surface area (Å²) in [6.45, 7) is 3.04. The molecule has 0 unspecified atom stereocenters. The lowest BCUT2D eigenvalue weighted by Crippen LogP contribution is -2.13. The van der Waals surface area contributed by atoms with Gasteiger partial charge in [0.2, 0.25) is 0 Å². The number of phenolic OH excluding ortho intramolecular Hbond substituents is 1. The molecule has 0 heterocycles. The molecule has 0 aromatic heterocycles. The fourth-order valence-corrected chi connectivity index (χ4v) is 6.66. The molecule has 0 amide bonds. The van der Waals surface area contributed by atoms with Crippen molar-refractivity contribution in [3.8, 4) is 23.0 Å². The Hall–Kier alpha value is -5.81. The summed E-state index contributed by atoms with van der Waals surface area (Å²) in [5.41, 5.74) is 8.85. The van der Waals surface area contributed by atoms with Gasteiger partial charge in [0.15, 0.2) is 0 Å². The zero-order valence-electron chi connectivity index (χ0n) is 28.2. The first-order valence-corrected chi connectivity index (χ1v) is 17.3. The van der Waals surface area contributed by atoms with Crippen LogP contribution in [-0.4, -0.2) is 17.7 Å². The number of hydrogen-bond acceptors (Lipinski definition) is 5. The molecule has 1 N–H and O–H groups in total. The van der Waals surface area contributed by atoms with Crippen LogP contribution in [0.25, 0.3) is 0 Å². The summed E-state index contributed by atoms with van der Waals surface area (Å²) in [6.07, 6.45) is 2.79. The predicted octanol–water partition coefficient (Wildman–Crippen LogP) is 9.66. The molecule has 250 valence electrons. The molecule has 0 atom stereocenters. The maximum atomic E-state index is 13.6. The number of fused-ring (bicyclic) bond motifs is 8. The second kappa shape index (κ2) is 15.2. The third kappa shape index (κ3) is 7.28. The standard InChI is InChI=1S/C45H40O5/c1-2-25-48-42-35-19-10-21-37(42)28-39-23-12-24-40(44(39)50-45(47)32-15-7-4-8-16-32)29-38-22-11-20-36(27-34-18-9-17-33(26-35)41(34)46)43(38)49-30-31-13-5-3-6-14-31/h3-24,46H,2,25-30H2,1H3. The lowest BCUT2D eigenvalue weighted by Gasteiger charge is -2.21. The summed E-state index contributed by atoms with van der Waals surface area (Å²) in [5.74, 6) is 1.99. The van der Waals surface area contributed by atoms with Crippen molar-refractivity contribution in [1.82, 2.24) is 0 Å². The topological polar surface area (TPSA) is 65.0 Å². The molecule has 0 spiro atoms. The third-order valence-electron chi connectivity index (χ3n) is 9.14. The van der Waals surface area contributed by atoms with E-state index >= 15 is 0 Å². The Labute approximate surface area is 293 Å². The van der Waals surface area contributed by atoms with Crippen LogP contribution in [-0.2, 0) is 32.3 Å². The van der Waals surface area contributed by atoms with Crippen LogP contribution in [0.3, 0.4) is 0 Å². The zero-order valence-corrected chi connectivity index (χ0v) is 28.2. The number of hydrogen-bond donors (Lipinski definition) is 1. The van der Waals surface area contributed by atoms with Gasteiger partial charge in [-0.3, -0.25) is 0 Å². The van der Waals surface area contributed by atoms with E-state index in [0.29, 0.717) is 50.2 Å². The number of phenols is 1. The summed E-state index contributed by atoms with van der Waals surface area (Å²) in [6, 6.07) is 43.6. The van der Waals surface area contributed by atoms with E-state index in [1.807, 2.05) is 97.1 Å². The first-order valence-electron chi connectivity index (χ1n) is 17.3. The van der Waals surface area contributed by atoms with Crippen LogP contribution in [0.1, 0.15) is 73.8 Å². The van der Waals surface area contributed by atoms with Crippen LogP contribution in [0.4, 0.5) is 0 Å². The number of esters is 1. The molecule has 5 nitrogen and oxygen atoms in total. The van der Waals surface area contributed by atoms with Crippen LogP contribution < -0.4 is 14.2 Å². The van der Waals surface area contributed by atoms with E-state index < -0.39 is 5.97 Å². The van der Waals surface area contributed by atoms with Crippen molar-refractivity contribution in [3.63, 3.8) is 0 Å². The van der Waals surface area contributed by atoms with E-state index in [9.17, 15) is 9.90 Å². The average Bonchev–Trinajstić information content (AvgIpc) is 3.14. The number of carbonyl (C=O) groups excluding carboxylic acids is 1. The smallest absolute Gasteiger partial charge is 0.343 e. The molecule has 0 aliphatic heterocycles. The minimum Gasteiger partial charge on any atom is -0.507 e. The summed E-state index contributed by atoms with van der Waals surface area (Å²) in [5, 5.41) is 11.7. The fourth-order valence-electron chi connectivity index (χ4n) is 6.66. The highest BCUT2D eigenvalue weighted by molar-refractivity contribution is 5.91. The molecule has 7 rings (SSSR count). The van der Waals surface area contributed by atoms with Gasteiger partial charge >= 0.3 is 5.97 Å². The maximum absolute atomic E-state index is 13.6. The van der Waals surface area contributed by atoms with Gasteiger partial charge in [-0.15, -0.1) is 0 Å². The van der Waals surface area contributed by atoms with Crippen molar-refractivity contribution in [3.05, 3.63) is 189 Å². The number of ether oxygens (including phenoxy) is 3. The summed E-state index contributed by atoms with van der Waals surface area (Å²) in [4.78, 5) is 13.6. The molecule has 5 heteroatoms. The highest BCUT2D eigenvalue weighted by Crippen LogP contribution is 2.39. The van der Waals surface area contributed by atoms with Crippen LogP contribution in [0, 0.1) is 0 Å². The van der Waals surface area contributed by atoms with Crippen LogP contribution in [0.15, 0.2) is 133 Å². The Kier molecular flexibility index (Phi) is 9.93. The van der Waals surface area contributed by atoms with E-state index in [2.05, 4.69) is 31.2 Å². The van der Waals surface area contributed by atoms with Crippen LogP contribution in [0.2, 0.25) is 0 Å². The highest BCUT2D eigenvalue weighted by Gasteiger charge is 2.22. The van der Waals surface area contributed by atoms with E-state index in [1.54, 1.807) is 12.1 Å². The van der Waals surface area contributed by atoms with Crippen LogP contribution >= 0.6 is 0 Å². The Bertz CT molecular complexity index is 2100. The normalized spacial score (nSPS) is 12.2. The van der Waals surface area contributed by atoms with Gasteiger partial charge in [-0.2, -0.15) is 0 Å². The third-order valence-corrected chi connectivity index (χ3v) is 9.14. The summed E-state index contributed by atoms with van der Waals surface area (Å²) < 4.78 is 19.4. The summed E-state index contributed by atoms with van der Waals surface area (Å²) in [7, 11) is 0. The van der Waals surface area contributed by atoms with Crippen molar-refractivity contribution in [1.29, 1.82) is 0 Å². The van der Waals surface area contributed by atoms with Crippen molar-refractivity contribution < 1.29 is 24.1 Å². The lowest BCUT2D eigenvalue weighted by molar-refractivity contribution is 0.0731. The number of benzene rings is 6. The highest BCUT2D eigenvalue weighted by atomic mass is 16.5. The molecule has 0 saturated carbocycles. The van der Waals surface area contributed by atoms with Crippen molar-refractivity contribution >= 4 is 5.97 Å². The van der Waals surface area contributed by atoms with E-state index in [4.69, 9.17) is 14.2 Å². The predicted molar refractivity (Wildman–Crippen MR) is 197 cm³/mol. The molecule has 1 aliphatic carbocycles. The largest absolute Gasteiger partial charge is 0.507 e. The van der Waals surface area contributed by atoms with Crippen LogP contribution in [0.5, 0.6) is 23.0 Å². The molecule has 8 bridgehead atoms. The SMILES string of the molecule is CCCOc1c2cccc1Cc1cccc(c1OC(=O)c1ccccc1)Cc1cccc(c1OCc1ccccc1)Cc1cccc(c1O)C2. The van der Waals surface area contributed by atoms with Crippen molar-refractivity contribution in [2.45, 2.75) is 45.6 Å². The van der Waals surface area contributed by atoms with Gasteiger partial charge in [-0.05, 0) is 68.6 Å². The number of carbonyl (C=O) groups is 1. The monoisotopic (exact) mass is 660 g/mol. The minimum atomic E-state index is -0.409. The first-order chi connectivity index (χ1) is 24.6. The molecular formula is C45H40O5. The second-order valence-corrected chi connectivity index (χ2v) is 12.7. The lowest BCUT2D eigenvalue weighted by atomic mass is 9.91. The van der Waals surface area contributed by atoms with Gasteiger partial charge in [0.05, 0.1) is 12.2 Å². The number of rotatable bonds is 8. The molecule has 1 aliphatic rings. The minimum absolute atomic E-state index is 0.284. The zero-order chi connectivity index (χ0) is 34.3. The van der Waals surface area contributed by atoms with Gasteiger partial charge in [0.25, 0.3) is 0 Å². The second-order valence-electron chi connectivity index (χ2n) is 12.7. The maximum Gasteiger partial charge on any atom is 0.343 e. The van der Waals surface area contributed by atoms with Crippen molar-refractivity contribution in [2.75, 3.05) is 6.61 Å². The number of aromatic hydroxyl groups is 1. The Morgan fingerprint density at radius 1 is 0.520 bits per heavy atom. The molecular weight excluding hydrogens is 620 g/mol. The first kappa shape index (κ1) is 32.7. The van der Waals surface area contributed by atoms with E-state index in [1.165, 1.54) is 0 Å². The van der Waals surface area contributed by atoms with Gasteiger partial charge in [-0.25, -0.2) is 4.79 Å². The molecule has 50 heavy (non-hydrogen) atoms. The molecule has 6 aromatic rings. The molecule has 6 aromatic carbocycles. The van der Waals surface area contributed by atoms with Gasteiger partial charge < -0.3 is 19.3 Å². The molecule has 0 radical (unpaired) electrons. The van der Waals surface area contributed by atoms with E-state index in [0.717, 1.165) is 68.0 Å². The van der Waals surface area contributed by atoms with Gasteiger partial charge in [0, 0.05) is 25.7 Å². The number of para-hydroxylation sites is 4. The Morgan fingerprint density at radius 2 is 0.940 bits per heavy atom. The van der Waals surface area contributed by atoms with E-state index in [-0.39, 0.29) is 5.75 Å². The summed E-state index contributed by atoms with van der Waals surface area (Å²) >= 11 is 0. The Balaban J connectivity index is 1.40. The molecule has 0 fully saturated rings.